The van der Waals surface area contributed by atoms with Crippen molar-refractivity contribution in [2.75, 3.05) is 7.11 Å². The van der Waals surface area contributed by atoms with Crippen molar-refractivity contribution in [3.63, 3.8) is 0 Å². The van der Waals surface area contributed by atoms with E-state index >= 15 is 0 Å². The molecule has 0 spiro atoms. The van der Waals surface area contributed by atoms with Crippen molar-refractivity contribution < 1.29 is 27.9 Å². The predicted octanol–water partition coefficient (Wildman–Crippen LogP) is 4.53. The van der Waals surface area contributed by atoms with Crippen molar-refractivity contribution in [3.05, 3.63) is 91.1 Å². The highest BCUT2D eigenvalue weighted by Crippen LogP contribution is 2.22. The van der Waals surface area contributed by atoms with Crippen molar-refractivity contribution in [2.24, 2.45) is 0 Å². The van der Waals surface area contributed by atoms with E-state index in [1.54, 1.807) is 20.8 Å². The number of nitrogens with zero attached hydrogens (tertiary/aromatic N) is 1. The van der Waals surface area contributed by atoms with Crippen LogP contribution in [-0.2, 0) is 16.1 Å². The van der Waals surface area contributed by atoms with Crippen LogP contribution in [-0.4, -0.2) is 29.9 Å². The molecule has 2 N–H and O–H groups in total. The predicted molar refractivity (Wildman–Crippen MR) is 132 cm³/mol. The van der Waals surface area contributed by atoms with Crippen LogP contribution in [0.1, 0.15) is 53.0 Å². The summed E-state index contributed by atoms with van der Waals surface area (Å²) in [4.78, 5) is 43.1. The number of aromatic nitrogens is 1. The lowest BCUT2D eigenvalue weighted by Crippen LogP contribution is -2.29. The Kier molecular flexibility index (Phi) is 8.31. The lowest BCUT2D eigenvalue weighted by Gasteiger charge is -2.14. The number of aryl methyl sites for hydroxylation is 4. The van der Waals surface area contributed by atoms with Crippen LogP contribution in [0.4, 0.5) is 8.78 Å². The summed E-state index contributed by atoms with van der Waals surface area (Å²) in [7, 11) is 1.22. The number of carbonyl (C=O) groups is 3. The molecule has 188 valence electrons. The fraction of sp³-hybridized carbons (Fsp3) is 0.231. The maximum Gasteiger partial charge on any atom is 0.354 e. The third-order valence-electron chi connectivity index (χ3n) is 5.27. The molecule has 10 heteroatoms. The fourth-order valence-electron chi connectivity index (χ4n) is 3.70. The van der Waals surface area contributed by atoms with Gasteiger partial charge in [-0.05, 0) is 74.7 Å². The number of ether oxygens (including phenoxy) is 1. The molecule has 0 aliphatic rings. The number of methoxy groups -OCH3 is 1. The van der Waals surface area contributed by atoms with Crippen LogP contribution < -0.4 is 10.6 Å². The van der Waals surface area contributed by atoms with Crippen LogP contribution in [0, 0.1) is 39.3 Å². The molecule has 0 saturated heterocycles. The third-order valence-corrected chi connectivity index (χ3v) is 6.29. The maximum atomic E-state index is 13.4. The van der Waals surface area contributed by atoms with Gasteiger partial charge in [0.25, 0.3) is 11.8 Å². The van der Waals surface area contributed by atoms with Crippen LogP contribution in [0.5, 0.6) is 0 Å². The minimum absolute atomic E-state index is 0.0443. The first-order valence-electron chi connectivity index (χ1n) is 10.9. The van der Waals surface area contributed by atoms with Crippen molar-refractivity contribution in [1.29, 1.82) is 0 Å². The van der Waals surface area contributed by atoms with E-state index in [2.05, 4.69) is 15.6 Å². The van der Waals surface area contributed by atoms with Gasteiger partial charge in [0.1, 0.15) is 17.3 Å². The largest absolute Gasteiger partial charge is 0.464 e. The first kappa shape index (κ1) is 26.7. The number of thiazole rings is 1. The summed E-state index contributed by atoms with van der Waals surface area (Å²) < 4.78 is 31.6. The molecule has 0 aliphatic heterocycles. The summed E-state index contributed by atoms with van der Waals surface area (Å²) in [6.07, 6.45) is 1.52. The van der Waals surface area contributed by atoms with E-state index in [9.17, 15) is 23.2 Å². The van der Waals surface area contributed by atoms with Crippen molar-refractivity contribution in [1.82, 2.24) is 15.6 Å². The van der Waals surface area contributed by atoms with E-state index in [1.807, 2.05) is 6.92 Å². The Balaban J connectivity index is 1.81. The van der Waals surface area contributed by atoms with Crippen LogP contribution in [0.25, 0.3) is 6.08 Å². The highest BCUT2D eigenvalue weighted by atomic mass is 32.1. The normalized spacial score (nSPS) is 11.2. The van der Waals surface area contributed by atoms with E-state index in [4.69, 9.17) is 4.74 Å². The molecule has 2 aromatic carbocycles. The second-order valence-electron chi connectivity index (χ2n) is 8.13. The molecule has 3 aromatic rings. The van der Waals surface area contributed by atoms with E-state index < -0.39 is 29.4 Å². The number of halogens is 2. The molecular weight excluding hydrogens is 488 g/mol. The van der Waals surface area contributed by atoms with Crippen molar-refractivity contribution >= 4 is 35.2 Å². The van der Waals surface area contributed by atoms with E-state index in [-0.39, 0.29) is 23.4 Å². The topological polar surface area (TPSA) is 97.4 Å². The molecule has 0 atom stereocenters. The molecule has 3 rings (SSSR count). The zero-order valence-electron chi connectivity index (χ0n) is 20.4. The lowest BCUT2D eigenvalue weighted by molar-refractivity contribution is -0.136. The first-order chi connectivity index (χ1) is 17.0. The van der Waals surface area contributed by atoms with E-state index in [0.717, 1.165) is 28.9 Å². The summed E-state index contributed by atoms with van der Waals surface area (Å²) in [5, 5.41) is 6.04. The number of benzene rings is 2. The van der Waals surface area contributed by atoms with Crippen LogP contribution in [0.3, 0.4) is 0 Å². The molecule has 0 radical (unpaired) electrons. The molecule has 0 unspecified atom stereocenters. The molecule has 0 bridgehead atoms. The van der Waals surface area contributed by atoms with E-state index in [0.29, 0.717) is 21.6 Å². The van der Waals surface area contributed by atoms with Gasteiger partial charge in [-0.2, -0.15) is 0 Å². The smallest absolute Gasteiger partial charge is 0.354 e. The summed E-state index contributed by atoms with van der Waals surface area (Å²) in [5.74, 6) is -3.19. The van der Waals surface area contributed by atoms with Crippen LogP contribution in [0.15, 0.2) is 36.0 Å². The minimum Gasteiger partial charge on any atom is -0.464 e. The van der Waals surface area contributed by atoms with Crippen LogP contribution in [0.2, 0.25) is 0 Å². The first-order valence-corrected chi connectivity index (χ1v) is 11.7. The van der Waals surface area contributed by atoms with Crippen LogP contribution >= 0.6 is 11.3 Å². The molecule has 1 heterocycles. The molecule has 36 heavy (non-hydrogen) atoms. The molecule has 1 aromatic heterocycles. The Morgan fingerprint density at radius 3 is 2.11 bits per heavy atom. The van der Waals surface area contributed by atoms with Crippen molar-refractivity contribution in [2.45, 2.75) is 34.2 Å². The quantitative estimate of drug-likeness (QED) is 0.358. The number of hydrogen-bond donors (Lipinski definition) is 2. The SMILES string of the molecule is COC(=O)/C(=C\c1sc(C)nc1C)NC(=O)c1c(C)cc(C(=O)NCc2cc(F)cc(F)c2)cc1C. The number of amides is 2. The zero-order valence-corrected chi connectivity index (χ0v) is 21.2. The lowest BCUT2D eigenvalue weighted by atomic mass is 9.98. The zero-order chi connectivity index (χ0) is 26.6. The Labute approximate surface area is 211 Å². The Hall–Kier alpha value is -3.92. The second kappa shape index (κ2) is 11.2. The number of esters is 1. The van der Waals surface area contributed by atoms with Gasteiger partial charge in [0.2, 0.25) is 0 Å². The van der Waals surface area contributed by atoms with Crippen molar-refractivity contribution in [3.8, 4) is 0 Å². The van der Waals surface area contributed by atoms with Gasteiger partial charge in [-0.25, -0.2) is 18.6 Å². The highest BCUT2D eigenvalue weighted by Gasteiger charge is 2.21. The van der Waals surface area contributed by atoms with Gasteiger partial charge in [0, 0.05) is 23.7 Å². The summed E-state index contributed by atoms with van der Waals surface area (Å²) >= 11 is 1.38. The third kappa shape index (κ3) is 6.39. The van der Waals surface area contributed by atoms with Gasteiger partial charge in [-0.1, -0.05) is 0 Å². The highest BCUT2D eigenvalue weighted by molar-refractivity contribution is 7.12. The number of nitrogens with one attached hydrogen (secondary N) is 2. The summed E-state index contributed by atoms with van der Waals surface area (Å²) in [6, 6.07) is 6.08. The number of rotatable bonds is 7. The average molecular weight is 514 g/mol. The Bertz CT molecular complexity index is 1340. The fourth-order valence-corrected chi connectivity index (χ4v) is 4.57. The molecule has 0 saturated carbocycles. The summed E-state index contributed by atoms with van der Waals surface area (Å²) in [6.45, 7) is 6.90. The standard InChI is InChI=1S/C26H25F2N3O4S/c1-13-6-18(24(32)29-12-17-8-19(27)10-20(28)9-17)7-14(2)23(13)25(33)31-21(26(34)35-5)11-22-15(3)30-16(4)36-22/h6-11H,12H2,1-5H3,(H,29,32)(H,31,33)/b21-11+. The number of hydrogen-bond acceptors (Lipinski definition) is 6. The Morgan fingerprint density at radius 1 is 0.972 bits per heavy atom. The molecule has 2 amide bonds. The molecule has 7 nitrogen and oxygen atoms in total. The maximum absolute atomic E-state index is 13.4. The number of carbonyl (C=O) groups excluding carboxylic acids is 3. The van der Waals surface area contributed by atoms with Gasteiger partial charge in [-0.3, -0.25) is 9.59 Å². The van der Waals surface area contributed by atoms with E-state index in [1.165, 1.54) is 36.7 Å². The molecule has 0 fully saturated rings. The monoisotopic (exact) mass is 513 g/mol. The van der Waals surface area contributed by atoms with Gasteiger partial charge in [0.15, 0.2) is 0 Å². The minimum atomic E-state index is -0.734. The van der Waals surface area contributed by atoms with Gasteiger partial charge in [-0.15, -0.1) is 11.3 Å². The van der Waals surface area contributed by atoms with Gasteiger partial charge >= 0.3 is 5.97 Å². The summed E-state index contributed by atoms with van der Waals surface area (Å²) in [5.41, 5.74) is 2.53. The van der Waals surface area contributed by atoms with Gasteiger partial charge < -0.3 is 15.4 Å². The molecule has 0 aliphatic carbocycles. The molecular formula is C26H25F2N3O4S. The van der Waals surface area contributed by atoms with Gasteiger partial charge in [0.05, 0.1) is 22.7 Å². The Morgan fingerprint density at radius 2 is 1.58 bits per heavy atom. The second-order valence-corrected chi connectivity index (χ2v) is 9.37. The average Bonchev–Trinajstić information content (AvgIpc) is 3.11.